The molecule has 0 saturated heterocycles. The summed E-state index contributed by atoms with van der Waals surface area (Å²) in [7, 11) is 0. The minimum atomic E-state index is 0.802. The number of rotatable bonds is 11. The van der Waals surface area contributed by atoms with Crippen molar-refractivity contribution in [1.29, 1.82) is 0 Å². The fraction of sp³-hybridized carbons (Fsp3) is 0.500. The monoisotopic (exact) mass is 380 g/mol. The van der Waals surface area contributed by atoms with E-state index in [1.807, 2.05) is 20.8 Å². The number of allylic oxidation sites excluding steroid dienone is 8. The molecule has 0 aromatic carbocycles. The predicted octanol–water partition coefficient (Wildman–Crippen LogP) is 7.42. The summed E-state index contributed by atoms with van der Waals surface area (Å²) in [5.41, 5.74) is 15.2. The quantitative estimate of drug-likeness (QED) is 0.172. The molecule has 0 aliphatic carbocycles. The van der Waals surface area contributed by atoms with Crippen LogP contribution in [0.3, 0.4) is 0 Å². The van der Waals surface area contributed by atoms with E-state index in [-0.39, 0.29) is 0 Å². The standard InChI is InChI=1S/C26H40N2/c1-10-14-15-16-17-25(26(22(8)27)23(9)28-13-4)21(7)24(12-3)20(6)18-19(5)11-2/h2,13,18H,4,10,12,14-17,27H2,1,3,5-9H3/b19-18+,24-20+,25-21+,26-22-,28-23?. The summed E-state index contributed by atoms with van der Waals surface area (Å²) in [5.74, 6) is 2.72. The van der Waals surface area contributed by atoms with Gasteiger partial charge in [0.2, 0.25) is 0 Å². The van der Waals surface area contributed by atoms with E-state index >= 15 is 0 Å². The summed E-state index contributed by atoms with van der Waals surface area (Å²) in [5, 5.41) is 0. The maximum absolute atomic E-state index is 6.33. The molecule has 0 unspecified atom stereocenters. The highest BCUT2D eigenvalue weighted by Crippen LogP contribution is 2.31. The van der Waals surface area contributed by atoms with Gasteiger partial charge < -0.3 is 5.73 Å². The van der Waals surface area contributed by atoms with Crippen molar-refractivity contribution in [3.05, 3.63) is 58.0 Å². The molecule has 2 heteroatoms. The Labute approximate surface area is 174 Å². The fourth-order valence-electron chi connectivity index (χ4n) is 3.65. The molecule has 0 amide bonds. The zero-order valence-corrected chi connectivity index (χ0v) is 19.2. The molecular weight excluding hydrogens is 340 g/mol. The summed E-state index contributed by atoms with van der Waals surface area (Å²) in [6, 6.07) is 0. The molecular formula is C26H40N2. The maximum atomic E-state index is 6.33. The van der Waals surface area contributed by atoms with Crippen molar-refractivity contribution in [3.63, 3.8) is 0 Å². The number of aliphatic imine (C=N–C) groups is 1. The van der Waals surface area contributed by atoms with E-state index in [0.29, 0.717) is 0 Å². The lowest BCUT2D eigenvalue weighted by Crippen LogP contribution is -2.11. The summed E-state index contributed by atoms with van der Waals surface area (Å²) < 4.78 is 0. The number of nitrogens with zero attached hydrogens (tertiary/aromatic N) is 1. The van der Waals surface area contributed by atoms with Gasteiger partial charge in [0.05, 0.1) is 0 Å². The average Bonchev–Trinajstić information content (AvgIpc) is 2.64. The first-order chi connectivity index (χ1) is 13.2. The molecule has 0 spiro atoms. The smallest absolute Gasteiger partial charge is 0.0464 e. The van der Waals surface area contributed by atoms with Crippen LogP contribution in [-0.2, 0) is 0 Å². The van der Waals surface area contributed by atoms with Crippen LogP contribution in [-0.4, -0.2) is 5.71 Å². The van der Waals surface area contributed by atoms with Crippen molar-refractivity contribution >= 4 is 5.71 Å². The minimum absolute atomic E-state index is 0.802. The SMILES string of the molecule is C#C/C(C)=C/C(C)=C(CC)/C(C)=C(CCCCCC)/C(C(C)=NC=C)=C(/C)N. The molecule has 0 saturated carbocycles. The lowest BCUT2D eigenvalue weighted by atomic mass is 9.86. The van der Waals surface area contributed by atoms with E-state index in [1.54, 1.807) is 6.20 Å². The van der Waals surface area contributed by atoms with Crippen LogP contribution in [0.15, 0.2) is 63.0 Å². The lowest BCUT2D eigenvalue weighted by Gasteiger charge is -2.20. The van der Waals surface area contributed by atoms with Crippen molar-refractivity contribution in [2.45, 2.75) is 87.0 Å². The van der Waals surface area contributed by atoms with Crippen molar-refractivity contribution in [2.24, 2.45) is 10.7 Å². The number of hydrogen-bond donors (Lipinski definition) is 1. The van der Waals surface area contributed by atoms with Gasteiger partial charge in [-0.3, -0.25) is 4.99 Å². The predicted molar refractivity (Wildman–Crippen MR) is 127 cm³/mol. The van der Waals surface area contributed by atoms with Crippen molar-refractivity contribution in [2.75, 3.05) is 0 Å². The van der Waals surface area contributed by atoms with Gasteiger partial charge in [0, 0.05) is 23.2 Å². The Hall–Kier alpha value is -2.27. The minimum Gasteiger partial charge on any atom is -0.402 e. The molecule has 0 heterocycles. The lowest BCUT2D eigenvalue weighted by molar-refractivity contribution is 0.665. The molecule has 0 aliphatic heterocycles. The van der Waals surface area contributed by atoms with Crippen LogP contribution in [0.1, 0.15) is 87.0 Å². The van der Waals surface area contributed by atoms with Gasteiger partial charge in [0.25, 0.3) is 0 Å². The molecule has 0 aromatic heterocycles. The van der Waals surface area contributed by atoms with Gasteiger partial charge in [-0.2, -0.15) is 0 Å². The van der Waals surface area contributed by atoms with E-state index in [4.69, 9.17) is 12.2 Å². The van der Waals surface area contributed by atoms with Gasteiger partial charge in [-0.05, 0) is 87.8 Å². The van der Waals surface area contributed by atoms with Crippen LogP contribution in [0, 0.1) is 12.3 Å². The second kappa shape index (κ2) is 13.8. The van der Waals surface area contributed by atoms with Gasteiger partial charge in [0.15, 0.2) is 0 Å². The van der Waals surface area contributed by atoms with Crippen LogP contribution in [0.4, 0.5) is 0 Å². The Morgan fingerprint density at radius 3 is 2.14 bits per heavy atom. The van der Waals surface area contributed by atoms with Gasteiger partial charge >= 0.3 is 0 Å². The molecule has 0 bridgehead atoms. The Morgan fingerprint density at radius 1 is 1.04 bits per heavy atom. The molecule has 154 valence electrons. The summed E-state index contributed by atoms with van der Waals surface area (Å²) in [4.78, 5) is 4.44. The first-order valence-corrected chi connectivity index (χ1v) is 10.4. The second-order valence-electron chi connectivity index (χ2n) is 7.36. The normalized spacial score (nSPS) is 15.4. The van der Waals surface area contributed by atoms with Crippen LogP contribution in [0.5, 0.6) is 0 Å². The van der Waals surface area contributed by atoms with Crippen molar-refractivity contribution in [3.8, 4) is 12.3 Å². The Kier molecular flexibility index (Phi) is 12.7. The van der Waals surface area contributed by atoms with Crippen molar-refractivity contribution < 1.29 is 0 Å². The third kappa shape index (κ3) is 8.17. The number of nitrogens with two attached hydrogens (primary N) is 1. The molecule has 2 N–H and O–H groups in total. The molecule has 0 rings (SSSR count). The van der Waals surface area contributed by atoms with E-state index in [2.05, 4.69) is 51.3 Å². The van der Waals surface area contributed by atoms with Gasteiger partial charge in [0.1, 0.15) is 0 Å². The molecule has 0 atom stereocenters. The first kappa shape index (κ1) is 25.7. The third-order valence-corrected chi connectivity index (χ3v) is 5.02. The van der Waals surface area contributed by atoms with Gasteiger partial charge in [-0.15, -0.1) is 6.42 Å². The fourth-order valence-corrected chi connectivity index (χ4v) is 3.65. The van der Waals surface area contributed by atoms with E-state index in [1.165, 1.54) is 41.6 Å². The Morgan fingerprint density at radius 2 is 1.68 bits per heavy atom. The van der Waals surface area contributed by atoms with E-state index < -0.39 is 0 Å². The van der Waals surface area contributed by atoms with Crippen LogP contribution in [0.25, 0.3) is 0 Å². The highest BCUT2D eigenvalue weighted by Gasteiger charge is 2.16. The molecule has 28 heavy (non-hydrogen) atoms. The van der Waals surface area contributed by atoms with Crippen LogP contribution in [0.2, 0.25) is 0 Å². The van der Waals surface area contributed by atoms with Crippen LogP contribution >= 0.6 is 0 Å². The molecule has 0 aliphatic rings. The average molecular weight is 381 g/mol. The summed E-state index contributed by atoms with van der Waals surface area (Å²) >= 11 is 0. The summed E-state index contributed by atoms with van der Waals surface area (Å²) in [6.45, 7) is 18.5. The maximum Gasteiger partial charge on any atom is 0.0464 e. The zero-order chi connectivity index (χ0) is 21.7. The first-order valence-electron chi connectivity index (χ1n) is 10.4. The van der Waals surface area contributed by atoms with Gasteiger partial charge in [-0.1, -0.05) is 45.6 Å². The number of terminal acetylenes is 1. The molecule has 0 fully saturated rings. The highest BCUT2D eigenvalue weighted by molar-refractivity contribution is 6.03. The van der Waals surface area contributed by atoms with Gasteiger partial charge in [-0.25, -0.2) is 0 Å². The molecule has 0 radical (unpaired) electrons. The topological polar surface area (TPSA) is 38.4 Å². The zero-order valence-electron chi connectivity index (χ0n) is 19.2. The summed E-state index contributed by atoms with van der Waals surface area (Å²) in [6.07, 6.45) is 16.0. The number of hydrogen-bond acceptors (Lipinski definition) is 2. The molecule has 0 aromatic rings. The largest absolute Gasteiger partial charge is 0.402 e. The van der Waals surface area contributed by atoms with E-state index in [0.717, 1.165) is 41.8 Å². The Balaban J connectivity index is 6.58. The van der Waals surface area contributed by atoms with Crippen LogP contribution < -0.4 is 5.73 Å². The van der Waals surface area contributed by atoms with Crippen molar-refractivity contribution in [1.82, 2.24) is 0 Å². The molecule has 2 nitrogen and oxygen atoms in total. The number of unbranched alkanes of at least 4 members (excludes halogenated alkanes) is 3. The highest BCUT2D eigenvalue weighted by atomic mass is 14.7. The van der Waals surface area contributed by atoms with E-state index in [9.17, 15) is 0 Å². The third-order valence-electron chi connectivity index (χ3n) is 5.02. The Bertz CT molecular complexity index is 727. The second-order valence-corrected chi connectivity index (χ2v) is 7.36.